The Morgan fingerprint density at radius 1 is 1.38 bits per heavy atom. The van der Waals surface area contributed by atoms with Crippen molar-refractivity contribution in [2.24, 2.45) is 5.73 Å². The molecule has 0 aliphatic rings. The molecule has 16 heavy (non-hydrogen) atoms. The molecule has 4 heteroatoms. The van der Waals surface area contributed by atoms with E-state index in [1.165, 1.54) is 0 Å². The average molecular weight is 213 g/mol. The number of nitrogens with two attached hydrogens (primary N) is 1. The molecule has 3 aromatic rings. The van der Waals surface area contributed by atoms with Crippen LogP contribution in [0.2, 0.25) is 0 Å². The fourth-order valence-electron chi connectivity index (χ4n) is 1.69. The summed E-state index contributed by atoms with van der Waals surface area (Å²) in [5.74, 6) is 0.776. The molecule has 0 atom stereocenters. The molecule has 0 aliphatic carbocycles. The van der Waals surface area contributed by atoms with Crippen molar-refractivity contribution in [2.75, 3.05) is 0 Å². The van der Waals surface area contributed by atoms with Crippen molar-refractivity contribution in [1.82, 2.24) is 9.38 Å². The number of furan rings is 1. The third kappa shape index (κ3) is 1.40. The fraction of sp³-hybridized carbons (Fsp3) is 0.0833. The molecule has 3 aromatic heterocycles. The molecule has 0 saturated heterocycles. The molecule has 0 unspecified atom stereocenters. The summed E-state index contributed by atoms with van der Waals surface area (Å²) in [5, 5.41) is 0. The van der Waals surface area contributed by atoms with E-state index in [9.17, 15) is 0 Å². The Bertz CT molecular complexity index is 610. The van der Waals surface area contributed by atoms with E-state index >= 15 is 0 Å². The smallest absolute Gasteiger partial charge is 0.153 e. The van der Waals surface area contributed by atoms with E-state index < -0.39 is 0 Å². The maximum Gasteiger partial charge on any atom is 0.153 e. The van der Waals surface area contributed by atoms with Gasteiger partial charge in [-0.3, -0.25) is 0 Å². The van der Waals surface area contributed by atoms with Crippen LogP contribution in [0.25, 0.3) is 17.1 Å². The number of hydrogen-bond acceptors (Lipinski definition) is 3. The molecule has 0 radical (unpaired) electrons. The van der Waals surface area contributed by atoms with Gasteiger partial charge >= 0.3 is 0 Å². The predicted molar refractivity (Wildman–Crippen MR) is 60.8 cm³/mol. The van der Waals surface area contributed by atoms with Crippen LogP contribution < -0.4 is 5.73 Å². The summed E-state index contributed by atoms with van der Waals surface area (Å²) in [7, 11) is 0. The topological polar surface area (TPSA) is 56.5 Å². The Kier molecular flexibility index (Phi) is 2.01. The van der Waals surface area contributed by atoms with Crippen LogP contribution in [0.4, 0.5) is 0 Å². The number of fused-ring (bicyclic) bond motifs is 1. The summed E-state index contributed by atoms with van der Waals surface area (Å²) in [5.41, 5.74) is 8.38. The second kappa shape index (κ2) is 3.50. The van der Waals surface area contributed by atoms with Gasteiger partial charge in [0.05, 0.1) is 6.26 Å². The highest BCUT2D eigenvalue weighted by Crippen LogP contribution is 2.19. The Labute approximate surface area is 92.3 Å². The Morgan fingerprint density at radius 3 is 3.06 bits per heavy atom. The number of imidazole rings is 1. The molecule has 0 amide bonds. The zero-order valence-electron chi connectivity index (χ0n) is 8.63. The normalized spacial score (nSPS) is 11.1. The van der Waals surface area contributed by atoms with Gasteiger partial charge in [0.15, 0.2) is 5.76 Å². The van der Waals surface area contributed by atoms with E-state index in [1.54, 1.807) is 6.26 Å². The van der Waals surface area contributed by atoms with Gasteiger partial charge in [0.2, 0.25) is 0 Å². The minimum absolute atomic E-state index is 0.527. The summed E-state index contributed by atoms with van der Waals surface area (Å²) in [6.07, 6.45) is 5.54. The molecular formula is C12H11N3O. The number of nitrogens with zero attached hydrogens (tertiary/aromatic N) is 2. The second-order valence-corrected chi connectivity index (χ2v) is 3.61. The second-order valence-electron chi connectivity index (χ2n) is 3.61. The molecule has 0 spiro atoms. The Balaban J connectivity index is 2.16. The first-order valence-electron chi connectivity index (χ1n) is 5.08. The van der Waals surface area contributed by atoms with Gasteiger partial charge in [-0.05, 0) is 29.8 Å². The molecule has 3 rings (SSSR count). The molecule has 0 aliphatic heterocycles. The van der Waals surface area contributed by atoms with Gasteiger partial charge in [0.1, 0.15) is 11.3 Å². The molecular weight excluding hydrogens is 202 g/mol. The number of hydrogen-bond donors (Lipinski definition) is 1. The van der Waals surface area contributed by atoms with Gasteiger partial charge in [-0.1, -0.05) is 0 Å². The van der Waals surface area contributed by atoms with Crippen molar-refractivity contribution in [2.45, 2.75) is 6.54 Å². The SMILES string of the molecule is NCc1ccn2cc(-c3ccco3)nc2c1. The van der Waals surface area contributed by atoms with Crippen molar-refractivity contribution in [1.29, 1.82) is 0 Å². The van der Waals surface area contributed by atoms with E-state index in [1.807, 2.05) is 41.1 Å². The lowest BCUT2D eigenvalue weighted by atomic mass is 10.3. The van der Waals surface area contributed by atoms with Crippen LogP contribution in [0.5, 0.6) is 0 Å². The average Bonchev–Trinajstić information content (AvgIpc) is 2.96. The van der Waals surface area contributed by atoms with Crippen LogP contribution >= 0.6 is 0 Å². The molecule has 0 saturated carbocycles. The van der Waals surface area contributed by atoms with Crippen LogP contribution in [0.1, 0.15) is 5.56 Å². The largest absolute Gasteiger partial charge is 0.463 e. The number of aromatic nitrogens is 2. The quantitative estimate of drug-likeness (QED) is 0.708. The lowest BCUT2D eigenvalue weighted by Crippen LogP contribution is -1.96. The lowest BCUT2D eigenvalue weighted by molar-refractivity contribution is 0.580. The van der Waals surface area contributed by atoms with Gasteiger partial charge in [-0.15, -0.1) is 0 Å². The van der Waals surface area contributed by atoms with Gasteiger partial charge in [-0.25, -0.2) is 4.98 Å². The summed E-state index contributed by atoms with van der Waals surface area (Å²) in [6, 6.07) is 7.71. The third-order valence-corrected chi connectivity index (χ3v) is 2.53. The summed E-state index contributed by atoms with van der Waals surface area (Å²) in [4.78, 5) is 4.48. The van der Waals surface area contributed by atoms with Crippen molar-refractivity contribution >= 4 is 5.65 Å². The number of pyridine rings is 1. The van der Waals surface area contributed by atoms with Gasteiger partial charge in [0.25, 0.3) is 0 Å². The van der Waals surface area contributed by atoms with E-state index in [-0.39, 0.29) is 0 Å². The summed E-state index contributed by atoms with van der Waals surface area (Å²) < 4.78 is 7.26. The van der Waals surface area contributed by atoms with Gasteiger partial charge < -0.3 is 14.6 Å². The van der Waals surface area contributed by atoms with Crippen LogP contribution in [0, 0.1) is 0 Å². The van der Waals surface area contributed by atoms with E-state index in [0.29, 0.717) is 6.54 Å². The van der Waals surface area contributed by atoms with Crippen molar-refractivity contribution in [3.63, 3.8) is 0 Å². The maximum absolute atomic E-state index is 5.59. The Hall–Kier alpha value is -2.07. The zero-order chi connectivity index (χ0) is 11.0. The molecule has 3 heterocycles. The highest BCUT2D eigenvalue weighted by molar-refractivity contribution is 5.57. The summed E-state index contributed by atoms with van der Waals surface area (Å²) >= 11 is 0. The van der Waals surface area contributed by atoms with Crippen molar-refractivity contribution in [3.05, 3.63) is 48.5 Å². The molecule has 2 N–H and O–H groups in total. The maximum atomic E-state index is 5.59. The standard InChI is InChI=1S/C12H11N3O/c13-7-9-3-4-15-8-10(14-12(15)6-9)11-2-1-5-16-11/h1-6,8H,7,13H2. The lowest BCUT2D eigenvalue weighted by Gasteiger charge is -1.96. The van der Waals surface area contributed by atoms with Crippen LogP contribution in [-0.2, 0) is 6.54 Å². The van der Waals surface area contributed by atoms with E-state index in [0.717, 1.165) is 22.7 Å². The monoisotopic (exact) mass is 213 g/mol. The first-order valence-corrected chi connectivity index (χ1v) is 5.08. The van der Waals surface area contributed by atoms with E-state index in [4.69, 9.17) is 10.2 Å². The molecule has 80 valence electrons. The summed E-state index contributed by atoms with van der Waals surface area (Å²) in [6.45, 7) is 0.527. The molecule has 0 fully saturated rings. The fourth-order valence-corrected chi connectivity index (χ4v) is 1.69. The molecule has 0 bridgehead atoms. The predicted octanol–water partition coefficient (Wildman–Crippen LogP) is 2.05. The van der Waals surface area contributed by atoms with Crippen LogP contribution in [-0.4, -0.2) is 9.38 Å². The zero-order valence-corrected chi connectivity index (χ0v) is 8.63. The first kappa shape index (κ1) is 9.18. The third-order valence-electron chi connectivity index (χ3n) is 2.53. The van der Waals surface area contributed by atoms with Crippen LogP contribution in [0.3, 0.4) is 0 Å². The van der Waals surface area contributed by atoms with Crippen molar-refractivity contribution in [3.8, 4) is 11.5 Å². The van der Waals surface area contributed by atoms with Gasteiger partial charge in [0, 0.05) is 18.9 Å². The van der Waals surface area contributed by atoms with Crippen LogP contribution in [0.15, 0.2) is 47.3 Å². The first-order chi connectivity index (χ1) is 7.86. The Morgan fingerprint density at radius 2 is 2.31 bits per heavy atom. The molecule has 0 aromatic carbocycles. The minimum Gasteiger partial charge on any atom is -0.463 e. The highest BCUT2D eigenvalue weighted by atomic mass is 16.3. The van der Waals surface area contributed by atoms with E-state index in [2.05, 4.69) is 4.98 Å². The number of rotatable bonds is 2. The highest BCUT2D eigenvalue weighted by Gasteiger charge is 2.06. The molecule has 4 nitrogen and oxygen atoms in total. The van der Waals surface area contributed by atoms with Crippen molar-refractivity contribution < 1.29 is 4.42 Å². The minimum atomic E-state index is 0.527. The van der Waals surface area contributed by atoms with Gasteiger partial charge in [-0.2, -0.15) is 0 Å².